The number of anilines is 2. The summed E-state index contributed by atoms with van der Waals surface area (Å²) in [6.07, 6.45) is 7.02. The van der Waals surface area contributed by atoms with Crippen LogP contribution in [0.1, 0.15) is 32.6 Å². The van der Waals surface area contributed by atoms with E-state index < -0.39 is 0 Å². The van der Waals surface area contributed by atoms with E-state index in [2.05, 4.69) is 21.8 Å². The summed E-state index contributed by atoms with van der Waals surface area (Å²) < 4.78 is 0. The molecule has 1 aliphatic heterocycles. The van der Waals surface area contributed by atoms with Crippen LogP contribution < -0.4 is 10.6 Å². The minimum absolute atomic E-state index is 0.388. The summed E-state index contributed by atoms with van der Waals surface area (Å²) in [6, 6.07) is 5.44. The molecule has 25 heavy (non-hydrogen) atoms. The number of aromatic nitrogens is 2. The predicted octanol–water partition coefficient (Wildman–Crippen LogP) is 5.05. The van der Waals surface area contributed by atoms with E-state index in [9.17, 15) is 0 Å². The standard InChI is InChI=1S/C19H22Cl2N4/c1-12-5-6-19(12)7-9-25(10-8-19)15-11-23-17(18(22)24-15)13-3-2-4-14(20)16(13)21/h2-4,11-12H,5-10H2,1H3,(H2,22,24). The molecule has 1 spiro atoms. The first-order chi connectivity index (χ1) is 12.0. The average molecular weight is 377 g/mol. The van der Waals surface area contributed by atoms with E-state index in [0.29, 0.717) is 32.5 Å². The van der Waals surface area contributed by atoms with Gasteiger partial charge in [-0.15, -0.1) is 0 Å². The van der Waals surface area contributed by atoms with Gasteiger partial charge < -0.3 is 10.6 Å². The minimum Gasteiger partial charge on any atom is -0.382 e. The van der Waals surface area contributed by atoms with Crippen molar-refractivity contribution in [2.75, 3.05) is 23.7 Å². The van der Waals surface area contributed by atoms with Gasteiger partial charge in [0.15, 0.2) is 5.82 Å². The lowest BCUT2D eigenvalue weighted by Crippen LogP contribution is -2.48. The zero-order valence-electron chi connectivity index (χ0n) is 14.3. The van der Waals surface area contributed by atoms with Gasteiger partial charge in [-0.3, -0.25) is 0 Å². The van der Waals surface area contributed by atoms with Crippen molar-refractivity contribution >= 4 is 34.8 Å². The largest absolute Gasteiger partial charge is 0.382 e. The molecule has 0 amide bonds. The van der Waals surface area contributed by atoms with Crippen LogP contribution in [0.4, 0.5) is 11.6 Å². The van der Waals surface area contributed by atoms with Crippen LogP contribution in [0.15, 0.2) is 24.4 Å². The maximum Gasteiger partial charge on any atom is 0.152 e. The number of nitrogen functional groups attached to an aromatic ring is 1. The Bertz CT molecular complexity index is 800. The van der Waals surface area contributed by atoms with Crippen molar-refractivity contribution in [1.29, 1.82) is 0 Å². The lowest BCUT2D eigenvalue weighted by Gasteiger charge is -2.53. The molecular weight excluding hydrogens is 355 g/mol. The first-order valence-electron chi connectivity index (χ1n) is 8.82. The van der Waals surface area contributed by atoms with Crippen LogP contribution in [-0.4, -0.2) is 23.1 Å². The lowest BCUT2D eigenvalue weighted by molar-refractivity contribution is 0.0163. The van der Waals surface area contributed by atoms with Gasteiger partial charge in [-0.1, -0.05) is 42.3 Å². The molecule has 132 valence electrons. The molecular formula is C19H22Cl2N4. The SMILES string of the molecule is CC1CCC12CCN(c1cnc(-c3cccc(Cl)c3Cl)c(N)n1)CC2. The number of halogens is 2. The molecule has 4 rings (SSSR count). The molecule has 2 aromatic rings. The third-order valence-electron chi connectivity index (χ3n) is 6.20. The highest BCUT2D eigenvalue weighted by Gasteiger charge is 2.45. The Kier molecular flexibility index (Phi) is 4.28. The Hall–Kier alpha value is -1.52. The summed E-state index contributed by atoms with van der Waals surface area (Å²) in [4.78, 5) is 11.4. The van der Waals surface area contributed by atoms with Crippen LogP contribution in [0.2, 0.25) is 10.0 Å². The van der Waals surface area contributed by atoms with Gasteiger partial charge in [0, 0.05) is 18.7 Å². The van der Waals surface area contributed by atoms with E-state index >= 15 is 0 Å². The van der Waals surface area contributed by atoms with E-state index in [0.717, 1.165) is 24.8 Å². The normalized spacial score (nSPS) is 22.0. The lowest BCUT2D eigenvalue weighted by atomic mass is 9.56. The van der Waals surface area contributed by atoms with Crippen molar-refractivity contribution in [3.8, 4) is 11.3 Å². The third-order valence-corrected chi connectivity index (χ3v) is 7.02. The van der Waals surface area contributed by atoms with Gasteiger partial charge in [0.2, 0.25) is 0 Å². The molecule has 1 aromatic carbocycles. The molecule has 4 nitrogen and oxygen atoms in total. The molecule has 6 heteroatoms. The Balaban J connectivity index is 1.55. The molecule has 2 heterocycles. The second-order valence-electron chi connectivity index (χ2n) is 7.35. The van der Waals surface area contributed by atoms with Crippen LogP contribution in [0.5, 0.6) is 0 Å². The maximum atomic E-state index is 6.29. The summed E-state index contributed by atoms with van der Waals surface area (Å²) in [6.45, 7) is 4.44. The molecule has 2 N–H and O–H groups in total. The number of nitrogens with zero attached hydrogens (tertiary/aromatic N) is 3. The molecule has 2 fully saturated rings. The molecule has 1 aromatic heterocycles. The number of rotatable bonds is 2. The Morgan fingerprint density at radius 2 is 1.96 bits per heavy atom. The van der Waals surface area contributed by atoms with Crippen molar-refractivity contribution in [2.24, 2.45) is 11.3 Å². The summed E-state index contributed by atoms with van der Waals surface area (Å²) in [5.74, 6) is 2.10. The number of hydrogen-bond donors (Lipinski definition) is 1. The van der Waals surface area contributed by atoms with E-state index in [4.69, 9.17) is 28.9 Å². The molecule has 1 aliphatic carbocycles. The van der Waals surface area contributed by atoms with Crippen molar-refractivity contribution in [3.05, 3.63) is 34.4 Å². The predicted molar refractivity (Wildman–Crippen MR) is 104 cm³/mol. The second-order valence-corrected chi connectivity index (χ2v) is 8.14. The van der Waals surface area contributed by atoms with Crippen molar-refractivity contribution in [1.82, 2.24) is 9.97 Å². The van der Waals surface area contributed by atoms with Crippen molar-refractivity contribution in [2.45, 2.75) is 32.6 Å². The Morgan fingerprint density at radius 3 is 2.56 bits per heavy atom. The molecule has 1 atom stereocenters. The van der Waals surface area contributed by atoms with Gasteiger partial charge in [-0.05, 0) is 43.1 Å². The highest BCUT2D eigenvalue weighted by Crippen LogP contribution is 2.53. The van der Waals surface area contributed by atoms with Crippen molar-refractivity contribution < 1.29 is 0 Å². The topological polar surface area (TPSA) is 55.0 Å². The Morgan fingerprint density at radius 1 is 1.20 bits per heavy atom. The monoisotopic (exact) mass is 376 g/mol. The highest BCUT2D eigenvalue weighted by molar-refractivity contribution is 6.43. The van der Waals surface area contributed by atoms with Gasteiger partial charge in [-0.2, -0.15) is 0 Å². The first kappa shape index (κ1) is 16.9. The number of hydrogen-bond acceptors (Lipinski definition) is 4. The maximum absolute atomic E-state index is 6.29. The number of piperidine rings is 1. The minimum atomic E-state index is 0.388. The second kappa shape index (κ2) is 6.33. The van der Waals surface area contributed by atoms with Gasteiger partial charge in [0.05, 0.1) is 16.2 Å². The van der Waals surface area contributed by atoms with Crippen LogP contribution in [0, 0.1) is 11.3 Å². The van der Waals surface area contributed by atoms with Gasteiger partial charge >= 0.3 is 0 Å². The van der Waals surface area contributed by atoms with Crippen molar-refractivity contribution in [3.63, 3.8) is 0 Å². The van der Waals surface area contributed by atoms with Crippen LogP contribution in [0.3, 0.4) is 0 Å². The average Bonchev–Trinajstić information content (AvgIpc) is 2.63. The summed E-state index contributed by atoms with van der Waals surface area (Å²) in [5.41, 5.74) is 8.06. The molecule has 0 radical (unpaired) electrons. The van der Waals surface area contributed by atoms with Crippen LogP contribution in [-0.2, 0) is 0 Å². The van der Waals surface area contributed by atoms with Gasteiger partial charge in [0.1, 0.15) is 11.5 Å². The molecule has 2 aliphatic rings. The number of benzene rings is 1. The van der Waals surface area contributed by atoms with E-state index in [1.54, 1.807) is 12.3 Å². The fourth-order valence-electron chi connectivity index (χ4n) is 4.21. The fourth-order valence-corrected chi connectivity index (χ4v) is 4.60. The molecule has 0 bridgehead atoms. The van der Waals surface area contributed by atoms with E-state index in [1.165, 1.54) is 25.7 Å². The van der Waals surface area contributed by atoms with Gasteiger partial charge in [-0.25, -0.2) is 9.97 Å². The van der Waals surface area contributed by atoms with Gasteiger partial charge in [0.25, 0.3) is 0 Å². The fraction of sp³-hybridized carbons (Fsp3) is 0.474. The number of nitrogens with two attached hydrogens (primary N) is 1. The molecule has 1 unspecified atom stereocenters. The van der Waals surface area contributed by atoms with E-state index in [-0.39, 0.29) is 0 Å². The Labute approximate surface area is 158 Å². The van der Waals surface area contributed by atoms with Crippen LogP contribution >= 0.6 is 23.2 Å². The highest BCUT2D eigenvalue weighted by atomic mass is 35.5. The third kappa shape index (κ3) is 2.85. The molecule has 1 saturated heterocycles. The summed E-state index contributed by atoms with van der Waals surface area (Å²) >= 11 is 12.4. The quantitative estimate of drug-likeness (QED) is 0.796. The zero-order valence-corrected chi connectivity index (χ0v) is 15.8. The van der Waals surface area contributed by atoms with Crippen LogP contribution in [0.25, 0.3) is 11.3 Å². The summed E-state index contributed by atoms with van der Waals surface area (Å²) in [7, 11) is 0. The molecule has 1 saturated carbocycles. The van der Waals surface area contributed by atoms with E-state index in [1.807, 2.05) is 12.1 Å². The first-order valence-corrected chi connectivity index (χ1v) is 9.58. The summed E-state index contributed by atoms with van der Waals surface area (Å²) in [5, 5.41) is 0.942. The zero-order chi connectivity index (χ0) is 17.6. The smallest absolute Gasteiger partial charge is 0.152 e.